The Balaban J connectivity index is 2.13. The molecule has 3 unspecified atom stereocenters. The van der Waals surface area contributed by atoms with Crippen molar-refractivity contribution in [1.82, 2.24) is 5.32 Å². The molecule has 4 nitrogen and oxygen atoms in total. The Bertz CT molecular complexity index is 269. The van der Waals surface area contributed by atoms with Gasteiger partial charge in [-0.25, -0.2) is 0 Å². The number of unbranched alkanes of at least 4 members (excludes halogenated alkanes) is 1. The van der Waals surface area contributed by atoms with Gasteiger partial charge in [0.05, 0.1) is 6.10 Å². The predicted octanol–water partition coefficient (Wildman–Crippen LogP) is 2.07. The lowest BCUT2D eigenvalue weighted by molar-refractivity contribution is -0.127. The molecule has 3 atom stereocenters. The molecule has 1 amide bonds. The largest absolute Gasteiger partial charge is 0.379 e. The molecule has 0 spiro atoms. The van der Waals surface area contributed by atoms with Crippen LogP contribution in [0.1, 0.15) is 52.9 Å². The third-order valence-corrected chi connectivity index (χ3v) is 4.02. The number of nitrogens with two attached hydrogens (primary N) is 1. The fourth-order valence-corrected chi connectivity index (χ4v) is 2.66. The second kappa shape index (κ2) is 8.54. The van der Waals surface area contributed by atoms with E-state index in [1.54, 1.807) is 0 Å². The van der Waals surface area contributed by atoms with Gasteiger partial charge in [-0.05, 0) is 45.4 Å². The zero-order valence-corrected chi connectivity index (χ0v) is 12.7. The average Bonchev–Trinajstić information content (AvgIpc) is 2.36. The molecule has 1 aliphatic rings. The van der Waals surface area contributed by atoms with E-state index in [2.05, 4.69) is 12.2 Å². The van der Waals surface area contributed by atoms with E-state index in [1.165, 1.54) is 0 Å². The first kappa shape index (κ1) is 16.4. The summed E-state index contributed by atoms with van der Waals surface area (Å²) in [5.41, 5.74) is 6.03. The number of hydrogen-bond donors (Lipinski definition) is 2. The Morgan fingerprint density at radius 3 is 2.79 bits per heavy atom. The highest BCUT2D eigenvalue weighted by Crippen LogP contribution is 2.28. The highest BCUT2D eigenvalue weighted by molar-refractivity contribution is 5.79. The van der Waals surface area contributed by atoms with Crippen LogP contribution in [0.2, 0.25) is 0 Å². The second-order valence-corrected chi connectivity index (χ2v) is 5.98. The maximum Gasteiger partial charge on any atom is 0.223 e. The van der Waals surface area contributed by atoms with Crippen molar-refractivity contribution in [3.05, 3.63) is 0 Å². The summed E-state index contributed by atoms with van der Waals surface area (Å²) in [6, 6.07) is 0.184. The molecule has 0 aromatic carbocycles. The number of hydrogen-bond acceptors (Lipinski definition) is 3. The minimum atomic E-state index is 0.107. The van der Waals surface area contributed by atoms with Crippen LogP contribution < -0.4 is 11.1 Å². The second-order valence-electron chi connectivity index (χ2n) is 5.98. The van der Waals surface area contributed by atoms with E-state index in [9.17, 15) is 4.79 Å². The van der Waals surface area contributed by atoms with Gasteiger partial charge in [-0.2, -0.15) is 0 Å². The van der Waals surface area contributed by atoms with E-state index in [-0.39, 0.29) is 17.9 Å². The van der Waals surface area contributed by atoms with Gasteiger partial charge in [0.1, 0.15) is 0 Å². The molecule has 0 aliphatic heterocycles. The van der Waals surface area contributed by atoms with Crippen molar-refractivity contribution in [2.24, 2.45) is 17.6 Å². The molecular formula is C15H30N2O2. The molecule has 0 aromatic heterocycles. The number of carbonyl (C=O) groups excluding carboxylic acids is 1. The molecule has 1 saturated carbocycles. The van der Waals surface area contributed by atoms with Gasteiger partial charge in [0.25, 0.3) is 0 Å². The summed E-state index contributed by atoms with van der Waals surface area (Å²) >= 11 is 0. The van der Waals surface area contributed by atoms with Gasteiger partial charge in [0, 0.05) is 25.1 Å². The highest BCUT2D eigenvalue weighted by Gasteiger charge is 2.32. The maximum atomic E-state index is 12.1. The summed E-state index contributed by atoms with van der Waals surface area (Å²) in [7, 11) is 0. The van der Waals surface area contributed by atoms with Crippen molar-refractivity contribution in [2.45, 2.75) is 65.0 Å². The van der Waals surface area contributed by atoms with E-state index >= 15 is 0 Å². The van der Waals surface area contributed by atoms with E-state index in [1.807, 2.05) is 13.8 Å². The number of rotatable bonds is 7. The molecule has 112 valence electrons. The van der Waals surface area contributed by atoms with Gasteiger partial charge in [-0.3, -0.25) is 4.79 Å². The van der Waals surface area contributed by atoms with Crippen LogP contribution in [-0.2, 0) is 9.53 Å². The van der Waals surface area contributed by atoms with Gasteiger partial charge in [0.2, 0.25) is 5.91 Å². The molecular weight excluding hydrogens is 240 g/mol. The third-order valence-electron chi connectivity index (χ3n) is 4.02. The summed E-state index contributed by atoms with van der Waals surface area (Å²) in [5, 5.41) is 3.04. The minimum Gasteiger partial charge on any atom is -0.379 e. The van der Waals surface area contributed by atoms with Crippen LogP contribution in [0.3, 0.4) is 0 Å². The fourth-order valence-electron chi connectivity index (χ4n) is 2.66. The van der Waals surface area contributed by atoms with Gasteiger partial charge >= 0.3 is 0 Å². The van der Waals surface area contributed by atoms with Crippen LogP contribution >= 0.6 is 0 Å². The molecule has 4 heteroatoms. The van der Waals surface area contributed by atoms with Crippen LogP contribution in [-0.4, -0.2) is 31.2 Å². The van der Waals surface area contributed by atoms with E-state index in [0.29, 0.717) is 12.0 Å². The van der Waals surface area contributed by atoms with Crippen LogP contribution in [0.15, 0.2) is 0 Å². The number of carbonyl (C=O) groups is 1. The lowest BCUT2D eigenvalue weighted by atomic mass is 9.77. The predicted molar refractivity (Wildman–Crippen MR) is 77.8 cm³/mol. The van der Waals surface area contributed by atoms with Crippen molar-refractivity contribution >= 4 is 5.91 Å². The van der Waals surface area contributed by atoms with Crippen LogP contribution in [0.5, 0.6) is 0 Å². The fraction of sp³-hybridized carbons (Fsp3) is 0.933. The molecule has 1 fully saturated rings. The first-order valence-corrected chi connectivity index (χ1v) is 7.67. The molecule has 0 bridgehead atoms. The molecule has 0 saturated heterocycles. The monoisotopic (exact) mass is 270 g/mol. The van der Waals surface area contributed by atoms with Gasteiger partial charge < -0.3 is 15.8 Å². The molecule has 3 N–H and O–H groups in total. The SMILES string of the molecule is CC(C)OCCCCNC(=O)C1CCCC(N)C1C. The van der Waals surface area contributed by atoms with E-state index in [4.69, 9.17) is 10.5 Å². The highest BCUT2D eigenvalue weighted by atomic mass is 16.5. The maximum absolute atomic E-state index is 12.1. The van der Waals surface area contributed by atoms with Crippen LogP contribution in [0.25, 0.3) is 0 Å². The average molecular weight is 270 g/mol. The molecule has 1 aliphatic carbocycles. The van der Waals surface area contributed by atoms with E-state index < -0.39 is 0 Å². The first-order chi connectivity index (χ1) is 9.02. The van der Waals surface area contributed by atoms with Crippen molar-refractivity contribution in [1.29, 1.82) is 0 Å². The number of nitrogens with one attached hydrogen (secondary N) is 1. The molecule has 19 heavy (non-hydrogen) atoms. The summed E-state index contributed by atoms with van der Waals surface area (Å²) in [5.74, 6) is 0.598. The Labute approximate surface area is 117 Å². The lowest BCUT2D eigenvalue weighted by Gasteiger charge is -2.32. The number of amides is 1. The van der Waals surface area contributed by atoms with Crippen molar-refractivity contribution in [3.8, 4) is 0 Å². The van der Waals surface area contributed by atoms with Gasteiger partial charge in [0.15, 0.2) is 0 Å². The molecule has 1 rings (SSSR count). The third kappa shape index (κ3) is 5.91. The standard InChI is InChI=1S/C15H30N2O2/c1-11(2)19-10-5-4-9-17-15(18)13-7-6-8-14(16)12(13)3/h11-14H,4-10,16H2,1-3H3,(H,17,18). The Hall–Kier alpha value is -0.610. The quantitative estimate of drug-likeness (QED) is 0.696. The molecule has 0 radical (unpaired) electrons. The minimum absolute atomic E-state index is 0.107. The van der Waals surface area contributed by atoms with Crippen molar-refractivity contribution in [2.75, 3.05) is 13.2 Å². The summed E-state index contributed by atoms with van der Waals surface area (Å²) in [6.07, 6.45) is 5.38. The zero-order valence-electron chi connectivity index (χ0n) is 12.7. The molecule has 0 heterocycles. The topological polar surface area (TPSA) is 64.3 Å². The van der Waals surface area contributed by atoms with Gasteiger partial charge in [-0.1, -0.05) is 13.3 Å². The summed E-state index contributed by atoms with van der Waals surface area (Å²) < 4.78 is 5.47. The summed E-state index contributed by atoms with van der Waals surface area (Å²) in [4.78, 5) is 12.1. The Morgan fingerprint density at radius 2 is 2.11 bits per heavy atom. The Morgan fingerprint density at radius 1 is 1.37 bits per heavy atom. The lowest BCUT2D eigenvalue weighted by Crippen LogP contribution is -2.44. The van der Waals surface area contributed by atoms with E-state index in [0.717, 1.165) is 45.3 Å². The summed E-state index contributed by atoms with van der Waals surface area (Å²) in [6.45, 7) is 7.70. The normalized spacial score (nSPS) is 27.5. The number of ether oxygens (including phenoxy) is 1. The Kier molecular flexibility index (Phi) is 7.39. The van der Waals surface area contributed by atoms with Gasteiger partial charge in [-0.15, -0.1) is 0 Å². The van der Waals surface area contributed by atoms with Crippen LogP contribution in [0, 0.1) is 11.8 Å². The molecule has 0 aromatic rings. The smallest absolute Gasteiger partial charge is 0.223 e. The first-order valence-electron chi connectivity index (χ1n) is 7.67. The zero-order chi connectivity index (χ0) is 14.3. The van der Waals surface area contributed by atoms with Crippen molar-refractivity contribution < 1.29 is 9.53 Å². The van der Waals surface area contributed by atoms with Crippen LogP contribution in [0.4, 0.5) is 0 Å². The van der Waals surface area contributed by atoms with Crippen molar-refractivity contribution in [3.63, 3.8) is 0 Å².